The Labute approximate surface area is 353 Å². The summed E-state index contributed by atoms with van der Waals surface area (Å²) in [5.74, 6) is -3.83. The van der Waals surface area contributed by atoms with Gasteiger partial charge < -0.3 is 34.6 Å². The van der Waals surface area contributed by atoms with Gasteiger partial charge in [0, 0.05) is 82.6 Å². The number of carbonyl (C=O) groups is 6. The standard InChI is InChI=1S/C41H43ClF2N8O9/c1-22(53)50-12-14-51(15-13-50)37-26-21-27(42)33(34-28(43)4-3-5-30(34)54)35(44)36(26)47-41(48-37)45-11-10-32(56)49(2)16-17-60-18-19-61-23-6-7-24-25(20-23)40(59)52(39(24)58)29-8-9-31(55)46-38(29)57/h3-4,6-7,20-21,29-30,54H,5,8-19H2,1-2H3,(H,45,47,48)(H,46,55,57). The summed E-state index contributed by atoms with van der Waals surface area (Å²) in [7, 11) is 1.61. The number of carbonyl (C=O) groups excluding carboxylic acids is 6. The first kappa shape index (κ1) is 43.1. The van der Waals surface area contributed by atoms with Gasteiger partial charge in [-0.2, -0.15) is 4.98 Å². The summed E-state index contributed by atoms with van der Waals surface area (Å²) in [4.78, 5) is 89.8. The number of hydrogen-bond acceptors (Lipinski definition) is 13. The number of aliphatic hydroxyl groups excluding tert-OH is 1. The molecule has 2 unspecified atom stereocenters. The Bertz CT molecular complexity index is 2370. The van der Waals surface area contributed by atoms with Gasteiger partial charge in [0.15, 0.2) is 5.82 Å². The molecule has 1 aromatic heterocycles. The predicted molar refractivity (Wildman–Crippen MR) is 217 cm³/mol. The molecule has 2 fully saturated rings. The molecule has 3 N–H and O–H groups in total. The maximum atomic E-state index is 16.4. The molecule has 3 aliphatic heterocycles. The molecule has 2 saturated heterocycles. The molecule has 322 valence electrons. The number of amides is 6. The summed E-state index contributed by atoms with van der Waals surface area (Å²) in [5.41, 5.74) is -0.519. The Kier molecular flexibility index (Phi) is 12.9. The summed E-state index contributed by atoms with van der Waals surface area (Å²) in [6, 6.07) is 4.77. The number of hydrogen-bond donors (Lipinski definition) is 3. The summed E-state index contributed by atoms with van der Waals surface area (Å²) in [6.45, 7) is 3.80. The first-order valence-corrected chi connectivity index (χ1v) is 20.1. The Hall–Kier alpha value is -6.05. The third kappa shape index (κ3) is 9.03. The second-order valence-electron chi connectivity index (χ2n) is 14.8. The SMILES string of the molecule is CC(=O)N1CCN(c2nc(NCCC(=O)N(C)CCOCCOc3ccc4c(c3)C(=O)N(C3CCC(=O)NC3=O)C4=O)nc3c(F)c(C4=C(F)C=CCC4O)c(Cl)cc23)CC1. The van der Waals surface area contributed by atoms with Crippen LogP contribution in [0.5, 0.6) is 5.75 Å². The van der Waals surface area contributed by atoms with Gasteiger partial charge in [-0.25, -0.2) is 13.8 Å². The lowest BCUT2D eigenvalue weighted by molar-refractivity contribution is -0.136. The minimum absolute atomic E-state index is 0.00646. The minimum Gasteiger partial charge on any atom is -0.491 e. The van der Waals surface area contributed by atoms with Crippen LogP contribution in [0.3, 0.4) is 0 Å². The smallest absolute Gasteiger partial charge is 0.262 e. The van der Waals surface area contributed by atoms with Crippen LogP contribution in [0.1, 0.15) is 58.9 Å². The first-order valence-electron chi connectivity index (χ1n) is 19.7. The first-order chi connectivity index (χ1) is 29.2. The molecule has 61 heavy (non-hydrogen) atoms. The molecule has 4 aliphatic rings. The highest BCUT2D eigenvalue weighted by Gasteiger charge is 2.44. The molecule has 2 aromatic carbocycles. The highest BCUT2D eigenvalue weighted by atomic mass is 35.5. The Morgan fingerprint density at radius 3 is 2.51 bits per heavy atom. The number of benzene rings is 2. The molecule has 3 aromatic rings. The molecule has 0 saturated carbocycles. The van der Waals surface area contributed by atoms with E-state index in [9.17, 15) is 38.3 Å². The van der Waals surface area contributed by atoms with Gasteiger partial charge in [0.2, 0.25) is 29.6 Å². The van der Waals surface area contributed by atoms with Gasteiger partial charge in [0.05, 0.1) is 35.5 Å². The van der Waals surface area contributed by atoms with Crippen molar-refractivity contribution in [3.05, 3.63) is 69.8 Å². The fraction of sp³-hybridized carbons (Fsp3) is 0.415. The van der Waals surface area contributed by atoms with Crippen molar-refractivity contribution in [2.45, 2.75) is 44.8 Å². The van der Waals surface area contributed by atoms with E-state index >= 15 is 4.39 Å². The third-order valence-electron chi connectivity index (χ3n) is 10.9. The fourth-order valence-electron chi connectivity index (χ4n) is 7.59. The molecule has 0 bridgehead atoms. The lowest BCUT2D eigenvalue weighted by Gasteiger charge is -2.35. The van der Waals surface area contributed by atoms with Crippen molar-refractivity contribution in [1.82, 2.24) is 30.0 Å². The number of allylic oxidation sites excluding steroid dienone is 2. The Morgan fingerprint density at radius 1 is 1.03 bits per heavy atom. The highest BCUT2D eigenvalue weighted by molar-refractivity contribution is 6.33. The number of aromatic nitrogens is 2. The maximum Gasteiger partial charge on any atom is 0.262 e. The summed E-state index contributed by atoms with van der Waals surface area (Å²) in [5, 5.41) is 15.9. The van der Waals surface area contributed by atoms with Gasteiger partial charge in [-0.3, -0.25) is 39.0 Å². The second-order valence-corrected chi connectivity index (χ2v) is 15.2. The van der Waals surface area contributed by atoms with Crippen molar-refractivity contribution >= 4 is 75.3 Å². The average Bonchev–Trinajstić information content (AvgIpc) is 3.47. The number of fused-ring (bicyclic) bond motifs is 2. The largest absolute Gasteiger partial charge is 0.491 e. The van der Waals surface area contributed by atoms with Gasteiger partial charge >= 0.3 is 0 Å². The van der Waals surface area contributed by atoms with Crippen molar-refractivity contribution in [2.24, 2.45) is 0 Å². The summed E-state index contributed by atoms with van der Waals surface area (Å²) < 4.78 is 42.8. The molecule has 1 aliphatic carbocycles. The lowest BCUT2D eigenvalue weighted by atomic mass is 9.92. The highest BCUT2D eigenvalue weighted by Crippen LogP contribution is 2.41. The molecule has 17 nitrogen and oxygen atoms in total. The van der Waals surface area contributed by atoms with Crippen LogP contribution in [0.25, 0.3) is 16.5 Å². The molecule has 4 heterocycles. The van der Waals surface area contributed by atoms with Crippen LogP contribution < -0.4 is 20.3 Å². The van der Waals surface area contributed by atoms with E-state index in [1.807, 2.05) is 4.90 Å². The average molecular weight is 865 g/mol. The van der Waals surface area contributed by atoms with Crippen molar-refractivity contribution in [3.63, 3.8) is 0 Å². The van der Waals surface area contributed by atoms with E-state index in [-0.39, 0.29) is 115 Å². The van der Waals surface area contributed by atoms with Crippen molar-refractivity contribution < 1.29 is 52.1 Å². The third-order valence-corrected chi connectivity index (χ3v) is 11.2. The molecule has 7 rings (SSSR count). The predicted octanol–water partition coefficient (Wildman–Crippen LogP) is 2.85. The topological polar surface area (TPSA) is 204 Å². The molecule has 0 radical (unpaired) electrons. The number of likely N-dealkylation sites (N-methyl/N-ethyl adjacent to an activating group) is 1. The fourth-order valence-corrected chi connectivity index (χ4v) is 7.89. The van der Waals surface area contributed by atoms with Crippen molar-refractivity contribution in [1.29, 1.82) is 0 Å². The van der Waals surface area contributed by atoms with Crippen molar-refractivity contribution in [2.75, 3.05) is 76.4 Å². The number of halogens is 3. The van der Waals surface area contributed by atoms with E-state index in [1.54, 1.807) is 11.9 Å². The zero-order chi connectivity index (χ0) is 43.5. The number of rotatable bonds is 14. The van der Waals surface area contributed by atoms with Crippen LogP contribution in [-0.4, -0.2) is 143 Å². The van der Waals surface area contributed by atoms with Crippen molar-refractivity contribution in [3.8, 4) is 5.75 Å². The van der Waals surface area contributed by atoms with E-state index < -0.39 is 47.4 Å². The molecule has 6 amide bonds. The van der Waals surface area contributed by atoms with Crippen LogP contribution in [0.2, 0.25) is 5.02 Å². The number of nitrogens with zero attached hydrogens (tertiary/aromatic N) is 6. The zero-order valence-electron chi connectivity index (χ0n) is 33.3. The summed E-state index contributed by atoms with van der Waals surface area (Å²) >= 11 is 6.57. The van der Waals surface area contributed by atoms with Gasteiger partial charge in [-0.05, 0) is 43.2 Å². The van der Waals surface area contributed by atoms with Crippen LogP contribution in [0.15, 0.2) is 42.2 Å². The quantitative estimate of drug-likeness (QED) is 0.158. The Balaban J connectivity index is 0.921. The van der Waals surface area contributed by atoms with Gasteiger partial charge in [-0.1, -0.05) is 17.7 Å². The van der Waals surface area contributed by atoms with Crippen LogP contribution in [-0.2, 0) is 23.9 Å². The van der Waals surface area contributed by atoms with Gasteiger partial charge in [0.1, 0.15) is 35.6 Å². The number of ether oxygens (including phenoxy) is 2. The second kappa shape index (κ2) is 18.3. The number of nitrogens with one attached hydrogen (secondary N) is 2. The Morgan fingerprint density at radius 2 is 1.79 bits per heavy atom. The number of anilines is 2. The normalized spacial score (nSPS) is 19.1. The van der Waals surface area contributed by atoms with E-state index in [0.29, 0.717) is 37.7 Å². The van der Waals surface area contributed by atoms with Crippen LogP contribution in [0, 0.1) is 5.82 Å². The van der Waals surface area contributed by atoms with E-state index in [2.05, 4.69) is 20.6 Å². The lowest BCUT2D eigenvalue weighted by Crippen LogP contribution is -2.54. The number of imide groups is 2. The van der Waals surface area contributed by atoms with Crippen LogP contribution in [0.4, 0.5) is 20.5 Å². The number of aliphatic hydroxyl groups is 1. The van der Waals surface area contributed by atoms with E-state index in [4.69, 9.17) is 21.1 Å². The molecule has 20 heteroatoms. The number of piperazine rings is 1. The van der Waals surface area contributed by atoms with E-state index in [1.165, 1.54) is 42.2 Å². The monoisotopic (exact) mass is 864 g/mol. The van der Waals surface area contributed by atoms with Gasteiger partial charge in [0.25, 0.3) is 11.8 Å². The molecule has 2 atom stereocenters. The molecule has 0 spiro atoms. The maximum absolute atomic E-state index is 16.4. The molecular formula is C41H43ClF2N8O9. The zero-order valence-corrected chi connectivity index (χ0v) is 34.1. The summed E-state index contributed by atoms with van der Waals surface area (Å²) in [6.07, 6.45) is 1.42. The minimum atomic E-state index is -1.32. The molecular weight excluding hydrogens is 822 g/mol. The van der Waals surface area contributed by atoms with Crippen LogP contribution >= 0.6 is 11.6 Å². The number of piperidine rings is 1. The van der Waals surface area contributed by atoms with E-state index in [0.717, 1.165) is 11.0 Å². The van der Waals surface area contributed by atoms with Gasteiger partial charge in [-0.15, -0.1) is 0 Å².